The number of likely N-dealkylation sites (tertiary alicyclic amines) is 1. The molecule has 0 bridgehead atoms. The zero-order chi connectivity index (χ0) is 10.6. The maximum Gasteiger partial charge on any atom is 0.0165 e. The van der Waals surface area contributed by atoms with Crippen LogP contribution in [0.4, 0.5) is 0 Å². The van der Waals surface area contributed by atoms with Gasteiger partial charge in [0.2, 0.25) is 0 Å². The summed E-state index contributed by atoms with van der Waals surface area (Å²) in [5.41, 5.74) is 0.341. The Labute approximate surface area is 88.4 Å². The highest BCUT2D eigenvalue weighted by atomic mass is 15.2. The van der Waals surface area contributed by atoms with Gasteiger partial charge in [0.25, 0.3) is 0 Å². The first-order valence-electron chi connectivity index (χ1n) is 5.60. The van der Waals surface area contributed by atoms with Crippen LogP contribution < -0.4 is 5.32 Å². The van der Waals surface area contributed by atoms with Gasteiger partial charge in [0.15, 0.2) is 0 Å². The summed E-state index contributed by atoms with van der Waals surface area (Å²) in [6.45, 7) is 11.9. The summed E-state index contributed by atoms with van der Waals surface area (Å²) in [4.78, 5) is 2.53. The average Bonchev–Trinajstić information content (AvgIpc) is 2.10. The Morgan fingerprint density at radius 2 is 2.29 bits per heavy atom. The van der Waals surface area contributed by atoms with Gasteiger partial charge in [-0.05, 0) is 52.7 Å². The Balaban J connectivity index is 2.51. The Morgan fingerprint density at radius 1 is 1.57 bits per heavy atom. The first kappa shape index (κ1) is 11.7. The van der Waals surface area contributed by atoms with Gasteiger partial charge in [-0.3, -0.25) is 4.90 Å². The largest absolute Gasteiger partial charge is 0.319 e. The van der Waals surface area contributed by atoms with Crippen molar-refractivity contribution >= 4 is 0 Å². The van der Waals surface area contributed by atoms with Crippen molar-refractivity contribution in [1.82, 2.24) is 10.2 Å². The van der Waals surface area contributed by atoms with Crippen LogP contribution in [0.3, 0.4) is 0 Å². The molecule has 2 nitrogen and oxygen atoms in total. The minimum atomic E-state index is 0.341. The van der Waals surface area contributed by atoms with E-state index >= 15 is 0 Å². The molecule has 1 atom stereocenters. The van der Waals surface area contributed by atoms with Crippen LogP contribution in [0.25, 0.3) is 0 Å². The van der Waals surface area contributed by atoms with E-state index in [2.05, 4.69) is 30.6 Å². The van der Waals surface area contributed by atoms with E-state index < -0.39 is 0 Å². The van der Waals surface area contributed by atoms with Crippen molar-refractivity contribution in [3.05, 3.63) is 12.7 Å². The van der Waals surface area contributed by atoms with Gasteiger partial charge in [-0.25, -0.2) is 0 Å². The van der Waals surface area contributed by atoms with Gasteiger partial charge in [-0.1, -0.05) is 6.08 Å². The van der Waals surface area contributed by atoms with E-state index in [0.29, 0.717) is 5.54 Å². The lowest BCUT2D eigenvalue weighted by molar-refractivity contribution is 0.0583. The second-order valence-corrected chi connectivity index (χ2v) is 4.96. The highest BCUT2D eigenvalue weighted by Gasteiger charge is 2.33. The third-order valence-corrected chi connectivity index (χ3v) is 3.29. The van der Waals surface area contributed by atoms with Crippen LogP contribution in [0.1, 0.15) is 26.7 Å². The molecule has 1 aliphatic heterocycles. The van der Waals surface area contributed by atoms with E-state index in [1.54, 1.807) is 0 Å². The van der Waals surface area contributed by atoms with Crippen molar-refractivity contribution in [3.63, 3.8) is 0 Å². The summed E-state index contributed by atoms with van der Waals surface area (Å²) >= 11 is 0. The number of nitrogens with zero attached hydrogens (tertiary/aromatic N) is 1. The summed E-state index contributed by atoms with van der Waals surface area (Å²) in [7, 11) is 2.04. The van der Waals surface area contributed by atoms with Gasteiger partial charge < -0.3 is 5.32 Å². The maximum absolute atomic E-state index is 3.82. The van der Waals surface area contributed by atoms with Crippen LogP contribution in [0.5, 0.6) is 0 Å². The molecule has 14 heavy (non-hydrogen) atoms. The standard InChI is InChI=1S/C12H24N2/c1-5-7-14-8-6-11(10-13-4)9-12(14,2)3/h5,11,13H,1,6-10H2,2-4H3. The minimum absolute atomic E-state index is 0.341. The van der Waals surface area contributed by atoms with E-state index in [1.807, 2.05) is 13.1 Å². The van der Waals surface area contributed by atoms with Gasteiger partial charge in [0.1, 0.15) is 0 Å². The molecule has 82 valence electrons. The SMILES string of the molecule is C=CCN1CCC(CNC)CC1(C)C. The van der Waals surface area contributed by atoms with Crippen LogP contribution in [-0.4, -0.2) is 37.1 Å². The van der Waals surface area contributed by atoms with Crippen LogP contribution in [0, 0.1) is 5.92 Å². The Bertz CT molecular complexity index is 187. The number of hydrogen-bond donors (Lipinski definition) is 1. The predicted octanol–water partition coefficient (Wildman–Crippen LogP) is 1.88. The summed E-state index contributed by atoms with van der Waals surface area (Å²) < 4.78 is 0. The van der Waals surface area contributed by atoms with Gasteiger partial charge >= 0.3 is 0 Å². The number of piperidine rings is 1. The van der Waals surface area contributed by atoms with Crippen LogP contribution in [0.15, 0.2) is 12.7 Å². The van der Waals surface area contributed by atoms with Crippen LogP contribution in [0.2, 0.25) is 0 Å². The molecule has 1 rings (SSSR count). The van der Waals surface area contributed by atoms with Crippen LogP contribution in [-0.2, 0) is 0 Å². The first-order chi connectivity index (χ1) is 6.60. The summed E-state index contributed by atoms with van der Waals surface area (Å²) in [6.07, 6.45) is 4.62. The van der Waals surface area contributed by atoms with Gasteiger partial charge in [0, 0.05) is 12.1 Å². The lowest BCUT2D eigenvalue weighted by Crippen LogP contribution is -2.51. The fraction of sp³-hybridized carbons (Fsp3) is 0.833. The monoisotopic (exact) mass is 196 g/mol. The van der Waals surface area contributed by atoms with E-state index in [1.165, 1.54) is 19.4 Å². The van der Waals surface area contributed by atoms with Gasteiger partial charge in [-0.15, -0.1) is 6.58 Å². The second-order valence-electron chi connectivity index (χ2n) is 4.96. The molecule has 1 saturated heterocycles. The lowest BCUT2D eigenvalue weighted by Gasteiger charge is -2.45. The van der Waals surface area contributed by atoms with Crippen molar-refractivity contribution in [1.29, 1.82) is 0 Å². The third-order valence-electron chi connectivity index (χ3n) is 3.29. The van der Waals surface area contributed by atoms with Gasteiger partial charge in [-0.2, -0.15) is 0 Å². The lowest BCUT2D eigenvalue weighted by atomic mass is 9.82. The van der Waals surface area contributed by atoms with Crippen molar-refractivity contribution in [3.8, 4) is 0 Å². The maximum atomic E-state index is 3.82. The average molecular weight is 196 g/mol. The van der Waals surface area contributed by atoms with Crippen molar-refractivity contribution in [2.75, 3.05) is 26.7 Å². The molecule has 1 N–H and O–H groups in total. The van der Waals surface area contributed by atoms with Gasteiger partial charge in [0.05, 0.1) is 0 Å². The number of rotatable bonds is 4. The molecule has 1 aliphatic rings. The zero-order valence-electron chi connectivity index (χ0n) is 9.84. The molecule has 0 radical (unpaired) electrons. The molecule has 0 amide bonds. The smallest absolute Gasteiger partial charge is 0.0165 e. The molecular weight excluding hydrogens is 172 g/mol. The normalized spacial score (nSPS) is 27.5. The Kier molecular flexibility index (Phi) is 4.14. The molecule has 0 aromatic rings. The van der Waals surface area contributed by atoms with Crippen LogP contribution >= 0.6 is 0 Å². The zero-order valence-corrected chi connectivity index (χ0v) is 9.84. The van der Waals surface area contributed by atoms with E-state index in [-0.39, 0.29) is 0 Å². The quantitative estimate of drug-likeness (QED) is 0.691. The highest BCUT2D eigenvalue weighted by molar-refractivity contribution is 4.92. The van der Waals surface area contributed by atoms with E-state index in [0.717, 1.165) is 19.0 Å². The fourth-order valence-corrected chi connectivity index (χ4v) is 2.54. The topological polar surface area (TPSA) is 15.3 Å². The molecule has 2 heteroatoms. The third kappa shape index (κ3) is 2.82. The van der Waals surface area contributed by atoms with Crippen molar-refractivity contribution < 1.29 is 0 Å². The van der Waals surface area contributed by atoms with Crippen molar-refractivity contribution in [2.45, 2.75) is 32.2 Å². The number of hydrogen-bond acceptors (Lipinski definition) is 2. The summed E-state index contributed by atoms with van der Waals surface area (Å²) in [5.74, 6) is 0.844. The first-order valence-corrected chi connectivity index (χ1v) is 5.60. The molecule has 0 aromatic heterocycles. The van der Waals surface area contributed by atoms with E-state index in [4.69, 9.17) is 0 Å². The van der Waals surface area contributed by atoms with E-state index in [9.17, 15) is 0 Å². The molecule has 0 aliphatic carbocycles. The minimum Gasteiger partial charge on any atom is -0.319 e. The molecule has 1 fully saturated rings. The Morgan fingerprint density at radius 3 is 2.79 bits per heavy atom. The number of nitrogens with one attached hydrogen (secondary N) is 1. The summed E-state index contributed by atoms with van der Waals surface area (Å²) in [6, 6.07) is 0. The fourth-order valence-electron chi connectivity index (χ4n) is 2.54. The van der Waals surface area contributed by atoms with Crippen molar-refractivity contribution in [2.24, 2.45) is 5.92 Å². The summed E-state index contributed by atoms with van der Waals surface area (Å²) in [5, 5.41) is 3.28. The molecular formula is C12H24N2. The second kappa shape index (κ2) is 4.94. The molecule has 0 aromatic carbocycles. The highest BCUT2D eigenvalue weighted by Crippen LogP contribution is 2.30. The predicted molar refractivity (Wildman–Crippen MR) is 62.5 cm³/mol. The molecule has 1 unspecified atom stereocenters. The molecule has 0 spiro atoms. The molecule has 0 saturated carbocycles. The molecule has 1 heterocycles. The Hall–Kier alpha value is -0.340.